The van der Waals surface area contributed by atoms with E-state index in [9.17, 15) is 13.6 Å². The molecule has 0 aliphatic heterocycles. The van der Waals surface area contributed by atoms with Gasteiger partial charge in [0.25, 0.3) is 5.91 Å². The van der Waals surface area contributed by atoms with Crippen LogP contribution < -0.4 is 5.32 Å². The Labute approximate surface area is 127 Å². The van der Waals surface area contributed by atoms with E-state index < -0.39 is 11.6 Å². The molecule has 3 nitrogen and oxygen atoms in total. The van der Waals surface area contributed by atoms with Crippen molar-refractivity contribution in [2.24, 2.45) is 5.92 Å². The fourth-order valence-corrected chi connectivity index (χ4v) is 2.97. The average molecular weight is 304 g/mol. The molecule has 1 amide bonds. The van der Waals surface area contributed by atoms with Crippen molar-refractivity contribution >= 4 is 16.8 Å². The maximum absolute atomic E-state index is 13.6. The monoisotopic (exact) mass is 304 g/mol. The molecule has 1 aromatic heterocycles. The fourth-order valence-electron chi connectivity index (χ4n) is 2.97. The molecule has 0 atom stereocenters. The van der Waals surface area contributed by atoms with E-state index >= 15 is 0 Å². The number of hydrogen-bond donors (Lipinski definition) is 1. The minimum atomic E-state index is -0.719. The van der Waals surface area contributed by atoms with Crippen LogP contribution in [0.5, 0.6) is 0 Å². The van der Waals surface area contributed by atoms with E-state index in [1.807, 2.05) is 0 Å². The Morgan fingerprint density at radius 1 is 1.18 bits per heavy atom. The summed E-state index contributed by atoms with van der Waals surface area (Å²) in [4.78, 5) is 16.2. The third kappa shape index (κ3) is 3.08. The van der Waals surface area contributed by atoms with Crippen LogP contribution in [0.3, 0.4) is 0 Å². The van der Waals surface area contributed by atoms with Gasteiger partial charge in [0.1, 0.15) is 11.3 Å². The second-order valence-electron chi connectivity index (χ2n) is 6.11. The zero-order chi connectivity index (χ0) is 15.7. The SMILES string of the molecule is CC1CCC(NC(=O)c2cnc3c(F)cc(F)cc3c2)CC1. The highest BCUT2D eigenvalue weighted by molar-refractivity contribution is 5.97. The van der Waals surface area contributed by atoms with Gasteiger partial charge >= 0.3 is 0 Å². The number of benzene rings is 1. The van der Waals surface area contributed by atoms with Crippen LogP contribution in [-0.2, 0) is 0 Å². The van der Waals surface area contributed by atoms with E-state index in [4.69, 9.17) is 0 Å². The molecule has 1 N–H and O–H groups in total. The van der Waals surface area contributed by atoms with Crippen LogP contribution >= 0.6 is 0 Å². The molecule has 5 heteroatoms. The summed E-state index contributed by atoms with van der Waals surface area (Å²) in [7, 11) is 0. The topological polar surface area (TPSA) is 42.0 Å². The summed E-state index contributed by atoms with van der Waals surface area (Å²) in [5.41, 5.74) is 0.403. The van der Waals surface area contributed by atoms with Crippen LogP contribution in [0, 0.1) is 17.6 Å². The molecule has 22 heavy (non-hydrogen) atoms. The average Bonchev–Trinajstić information content (AvgIpc) is 2.48. The molecule has 1 fully saturated rings. The Morgan fingerprint density at radius 3 is 2.64 bits per heavy atom. The van der Waals surface area contributed by atoms with Crippen LogP contribution in [0.2, 0.25) is 0 Å². The number of nitrogens with zero attached hydrogens (tertiary/aromatic N) is 1. The molecule has 1 aliphatic carbocycles. The van der Waals surface area contributed by atoms with E-state index in [-0.39, 0.29) is 17.5 Å². The van der Waals surface area contributed by atoms with Crippen molar-refractivity contribution in [2.45, 2.75) is 38.6 Å². The van der Waals surface area contributed by atoms with Gasteiger partial charge in [-0.05, 0) is 43.7 Å². The van der Waals surface area contributed by atoms with E-state index in [1.54, 1.807) is 0 Å². The molecular formula is C17H18F2N2O. The molecule has 116 valence electrons. The molecule has 1 aromatic carbocycles. The van der Waals surface area contributed by atoms with Gasteiger partial charge in [0, 0.05) is 23.7 Å². The quantitative estimate of drug-likeness (QED) is 0.916. The lowest BCUT2D eigenvalue weighted by Gasteiger charge is -2.26. The molecule has 1 aliphatic rings. The van der Waals surface area contributed by atoms with Gasteiger partial charge in [-0.25, -0.2) is 8.78 Å². The predicted molar refractivity (Wildman–Crippen MR) is 80.5 cm³/mol. The number of carbonyl (C=O) groups is 1. The predicted octanol–water partition coefficient (Wildman–Crippen LogP) is 3.82. The third-order valence-electron chi connectivity index (χ3n) is 4.31. The number of pyridine rings is 1. The highest BCUT2D eigenvalue weighted by Crippen LogP contribution is 2.24. The van der Waals surface area contributed by atoms with Gasteiger partial charge in [-0.2, -0.15) is 0 Å². The van der Waals surface area contributed by atoms with Gasteiger partial charge in [-0.15, -0.1) is 0 Å². The molecule has 0 bridgehead atoms. The van der Waals surface area contributed by atoms with Crippen molar-refractivity contribution in [3.63, 3.8) is 0 Å². The van der Waals surface area contributed by atoms with Crippen LogP contribution in [-0.4, -0.2) is 16.9 Å². The van der Waals surface area contributed by atoms with E-state index in [1.165, 1.54) is 18.3 Å². The van der Waals surface area contributed by atoms with Gasteiger partial charge in [0.15, 0.2) is 5.82 Å². The Hall–Kier alpha value is -2.04. The first-order valence-electron chi connectivity index (χ1n) is 7.58. The van der Waals surface area contributed by atoms with Gasteiger partial charge in [-0.1, -0.05) is 6.92 Å². The van der Waals surface area contributed by atoms with Crippen molar-refractivity contribution < 1.29 is 13.6 Å². The van der Waals surface area contributed by atoms with Gasteiger partial charge in [0.05, 0.1) is 5.56 Å². The first-order valence-corrected chi connectivity index (χ1v) is 7.58. The summed E-state index contributed by atoms with van der Waals surface area (Å²) in [5.74, 6) is -0.922. The molecule has 0 unspecified atom stereocenters. The zero-order valence-corrected chi connectivity index (χ0v) is 12.4. The smallest absolute Gasteiger partial charge is 0.253 e. The summed E-state index contributed by atoms with van der Waals surface area (Å²) < 4.78 is 26.9. The Morgan fingerprint density at radius 2 is 1.91 bits per heavy atom. The maximum atomic E-state index is 13.6. The number of hydrogen-bond acceptors (Lipinski definition) is 2. The lowest BCUT2D eigenvalue weighted by Crippen LogP contribution is -2.37. The Kier molecular flexibility index (Phi) is 4.05. The Balaban J connectivity index is 1.79. The number of aromatic nitrogens is 1. The van der Waals surface area contributed by atoms with Crippen LogP contribution in [0.25, 0.3) is 10.9 Å². The van der Waals surface area contributed by atoms with E-state index in [0.29, 0.717) is 16.9 Å². The first kappa shape index (κ1) is 14.9. The summed E-state index contributed by atoms with van der Waals surface area (Å²) in [6.45, 7) is 2.22. The summed E-state index contributed by atoms with van der Waals surface area (Å²) in [6, 6.07) is 3.63. The second kappa shape index (κ2) is 5.99. The van der Waals surface area contributed by atoms with E-state index in [2.05, 4.69) is 17.2 Å². The lowest BCUT2D eigenvalue weighted by atomic mass is 9.87. The molecule has 1 saturated carbocycles. The summed E-state index contributed by atoms with van der Waals surface area (Å²) >= 11 is 0. The van der Waals surface area contributed by atoms with Gasteiger partial charge in [0.2, 0.25) is 0 Å². The van der Waals surface area contributed by atoms with Gasteiger partial charge in [-0.3, -0.25) is 9.78 Å². The third-order valence-corrected chi connectivity index (χ3v) is 4.31. The van der Waals surface area contributed by atoms with Gasteiger partial charge < -0.3 is 5.32 Å². The van der Waals surface area contributed by atoms with Crippen molar-refractivity contribution in [1.82, 2.24) is 10.3 Å². The van der Waals surface area contributed by atoms with Crippen molar-refractivity contribution in [2.75, 3.05) is 0 Å². The molecule has 0 radical (unpaired) electrons. The molecule has 3 rings (SSSR count). The van der Waals surface area contributed by atoms with Crippen LogP contribution in [0.15, 0.2) is 24.4 Å². The number of fused-ring (bicyclic) bond motifs is 1. The fraction of sp³-hybridized carbons (Fsp3) is 0.412. The second-order valence-corrected chi connectivity index (χ2v) is 6.11. The van der Waals surface area contributed by atoms with Crippen molar-refractivity contribution in [1.29, 1.82) is 0 Å². The summed E-state index contributed by atoms with van der Waals surface area (Å²) in [5, 5.41) is 3.28. The highest BCUT2D eigenvalue weighted by atomic mass is 19.1. The minimum Gasteiger partial charge on any atom is -0.349 e. The number of carbonyl (C=O) groups excluding carboxylic acids is 1. The zero-order valence-electron chi connectivity index (χ0n) is 12.4. The first-order chi connectivity index (χ1) is 10.5. The van der Waals surface area contributed by atoms with Crippen LogP contribution in [0.1, 0.15) is 43.0 Å². The van der Waals surface area contributed by atoms with E-state index in [0.717, 1.165) is 31.7 Å². The van der Waals surface area contributed by atoms with Crippen molar-refractivity contribution in [3.8, 4) is 0 Å². The minimum absolute atomic E-state index is 0.0736. The van der Waals surface area contributed by atoms with Crippen molar-refractivity contribution in [3.05, 3.63) is 41.6 Å². The summed E-state index contributed by atoms with van der Waals surface area (Å²) in [6.07, 6.45) is 5.49. The number of amides is 1. The van der Waals surface area contributed by atoms with Crippen LogP contribution in [0.4, 0.5) is 8.78 Å². The molecule has 0 spiro atoms. The lowest BCUT2D eigenvalue weighted by molar-refractivity contribution is 0.0923. The molecule has 2 aromatic rings. The maximum Gasteiger partial charge on any atom is 0.253 e. The normalized spacial score (nSPS) is 21.8. The number of rotatable bonds is 2. The molecular weight excluding hydrogens is 286 g/mol. The molecule has 1 heterocycles. The number of nitrogens with one attached hydrogen (secondary N) is 1. The molecule has 0 saturated heterocycles. The largest absolute Gasteiger partial charge is 0.349 e. The highest BCUT2D eigenvalue weighted by Gasteiger charge is 2.20. The Bertz CT molecular complexity index is 709. The standard InChI is InChI=1S/C17H18F2N2O/c1-10-2-4-14(5-3-10)21-17(22)12-6-11-7-13(18)8-15(19)16(11)20-9-12/h6-10,14H,2-5H2,1H3,(H,21,22). The number of halogens is 2.